The van der Waals surface area contributed by atoms with E-state index in [0.717, 1.165) is 5.56 Å². The molecule has 0 amide bonds. The number of carbonyl (C=O) groups excluding carboxylic acids is 1. The molecule has 0 aliphatic carbocycles. The third-order valence-electron chi connectivity index (χ3n) is 2.96. The van der Waals surface area contributed by atoms with E-state index >= 15 is 0 Å². The monoisotopic (exact) mass is 242 g/mol. The highest BCUT2D eigenvalue weighted by atomic mass is 19.1. The first-order chi connectivity index (χ1) is 8.66. The van der Waals surface area contributed by atoms with E-state index in [4.69, 9.17) is 0 Å². The van der Waals surface area contributed by atoms with Gasteiger partial charge in [-0.25, -0.2) is 4.39 Å². The van der Waals surface area contributed by atoms with Crippen LogP contribution in [0.1, 0.15) is 22.8 Å². The van der Waals surface area contributed by atoms with Gasteiger partial charge >= 0.3 is 0 Å². The second kappa shape index (κ2) is 5.58. The molecule has 2 heteroatoms. The Kier molecular flexibility index (Phi) is 3.88. The van der Waals surface area contributed by atoms with Crippen molar-refractivity contribution in [2.45, 2.75) is 13.3 Å². The van der Waals surface area contributed by atoms with E-state index in [1.165, 1.54) is 12.1 Å². The molecule has 0 heterocycles. The maximum atomic E-state index is 12.8. The molecule has 0 aliphatic rings. The van der Waals surface area contributed by atoms with Crippen molar-refractivity contribution >= 4 is 5.78 Å². The van der Waals surface area contributed by atoms with Crippen molar-refractivity contribution in [3.05, 3.63) is 71.5 Å². The second-order valence-corrected chi connectivity index (χ2v) is 4.46. The highest BCUT2D eigenvalue weighted by Crippen LogP contribution is 2.14. The van der Waals surface area contributed by atoms with Crippen LogP contribution in [0.15, 0.2) is 54.6 Å². The Morgan fingerprint density at radius 2 is 1.67 bits per heavy atom. The van der Waals surface area contributed by atoms with E-state index in [-0.39, 0.29) is 17.5 Å². The minimum absolute atomic E-state index is 0.0545. The van der Waals surface area contributed by atoms with Crippen LogP contribution in [0.25, 0.3) is 0 Å². The lowest BCUT2D eigenvalue weighted by Gasteiger charge is -2.10. The second-order valence-electron chi connectivity index (χ2n) is 4.46. The van der Waals surface area contributed by atoms with E-state index in [0.29, 0.717) is 12.0 Å². The maximum absolute atomic E-state index is 12.8. The molecule has 0 saturated carbocycles. The number of halogens is 1. The van der Waals surface area contributed by atoms with Crippen LogP contribution in [0, 0.1) is 11.7 Å². The van der Waals surface area contributed by atoms with Crippen LogP contribution in [0.4, 0.5) is 4.39 Å². The van der Waals surface area contributed by atoms with E-state index in [1.54, 1.807) is 12.1 Å². The first-order valence-electron chi connectivity index (χ1n) is 6.00. The van der Waals surface area contributed by atoms with Crippen molar-refractivity contribution < 1.29 is 9.18 Å². The summed E-state index contributed by atoms with van der Waals surface area (Å²) in [5.74, 6) is -0.362. The highest BCUT2D eigenvalue weighted by Gasteiger charge is 2.15. The van der Waals surface area contributed by atoms with Gasteiger partial charge < -0.3 is 0 Å². The molecule has 0 saturated heterocycles. The van der Waals surface area contributed by atoms with Gasteiger partial charge in [0.1, 0.15) is 5.82 Å². The molecule has 92 valence electrons. The van der Waals surface area contributed by atoms with Gasteiger partial charge in [0, 0.05) is 11.5 Å². The zero-order valence-corrected chi connectivity index (χ0v) is 10.3. The average Bonchev–Trinajstić information content (AvgIpc) is 2.40. The minimum Gasteiger partial charge on any atom is -0.294 e. The summed E-state index contributed by atoms with van der Waals surface area (Å²) < 4.78 is 12.8. The predicted octanol–water partition coefficient (Wildman–Crippen LogP) is 3.89. The Balaban J connectivity index is 2.07. The fraction of sp³-hybridized carbons (Fsp3) is 0.188. The van der Waals surface area contributed by atoms with Gasteiger partial charge in [-0.15, -0.1) is 0 Å². The summed E-state index contributed by atoms with van der Waals surface area (Å²) in [6, 6.07) is 15.6. The van der Waals surface area contributed by atoms with Crippen LogP contribution in [0.3, 0.4) is 0 Å². The van der Waals surface area contributed by atoms with E-state index in [2.05, 4.69) is 0 Å². The maximum Gasteiger partial charge on any atom is 0.165 e. The van der Waals surface area contributed by atoms with Crippen LogP contribution in [0.5, 0.6) is 0 Å². The molecule has 1 atom stereocenters. The molecular weight excluding hydrogens is 227 g/mol. The van der Waals surface area contributed by atoms with Crippen LogP contribution in [-0.2, 0) is 6.42 Å². The summed E-state index contributed by atoms with van der Waals surface area (Å²) in [4.78, 5) is 12.1. The zero-order valence-electron chi connectivity index (χ0n) is 10.3. The summed E-state index contributed by atoms with van der Waals surface area (Å²) in [5, 5.41) is 0. The highest BCUT2D eigenvalue weighted by molar-refractivity contribution is 5.97. The van der Waals surface area contributed by atoms with Gasteiger partial charge in [0.15, 0.2) is 5.78 Å². The molecule has 2 aromatic rings. The van der Waals surface area contributed by atoms with Crippen LogP contribution < -0.4 is 0 Å². The van der Waals surface area contributed by atoms with Crippen LogP contribution in [-0.4, -0.2) is 5.78 Å². The molecule has 0 N–H and O–H groups in total. The van der Waals surface area contributed by atoms with Gasteiger partial charge in [-0.2, -0.15) is 0 Å². The fourth-order valence-electron chi connectivity index (χ4n) is 1.96. The van der Waals surface area contributed by atoms with E-state index < -0.39 is 0 Å². The van der Waals surface area contributed by atoms with Crippen molar-refractivity contribution in [1.82, 2.24) is 0 Å². The Hall–Kier alpha value is -1.96. The van der Waals surface area contributed by atoms with E-state index in [1.807, 2.05) is 37.3 Å². The lowest BCUT2D eigenvalue weighted by molar-refractivity contribution is 0.0929. The van der Waals surface area contributed by atoms with Gasteiger partial charge in [0.25, 0.3) is 0 Å². The SMILES string of the molecule is CC(Cc1ccccc1)C(=O)c1ccc(F)cc1. The predicted molar refractivity (Wildman–Crippen MR) is 70.0 cm³/mol. The van der Waals surface area contributed by atoms with Crippen molar-refractivity contribution in [2.75, 3.05) is 0 Å². The molecule has 2 aromatic carbocycles. The number of benzene rings is 2. The quantitative estimate of drug-likeness (QED) is 0.743. The molecule has 0 bridgehead atoms. The summed E-state index contributed by atoms with van der Waals surface area (Å²) >= 11 is 0. The summed E-state index contributed by atoms with van der Waals surface area (Å²) in [7, 11) is 0. The van der Waals surface area contributed by atoms with Gasteiger partial charge in [0.05, 0.1) is 0 Å². The molecule has 0 radical (unpaired) electrons. The number of carbonyl (C=O) groups is 1. The minimum atomic E-state index is -0.317. The Labute approximate surface area is 106 Å². The summed E-state index contributed by atoms with van der Waals surface area (Å²) in [6.45, 7) is 1.90. The van der Waals surface area contributed by atoms with E-state index in [9.17, 15) is 9.18 Å². The van der Waals surface area contributed by atoms with Gasteiger partial charge in [0.2, 0.25) is 0 Å². The fourth-order valence-corrected chi connectivity index (χ4v) is 1.96. The zero-order chi connectivity index (χ0) is 13.0. The molecule has 0 spiro atoms. The summed E-state index contributed by atoms with van der Waals surface area (Å²) in [6.07, 6.45) is 0.705. The topological polar surface area (TPSA) is 17.1 Å². The third-order valence-corrected chi connectivity index (χ3v) is 2.96. The third kappa shape index (κ3) is 3.04. The number of ketones is 1. The van der Waals surface area contributed by atoms with Gasteiger partial charge in [-0.05, 0) is 36.2 Å². The Morgan fingerprint density at radius 1 is 1.06 bits per heavy atom. The largest absolute Gasteiger partial charge is 0.294 e. The standard InChI is InChI=1S/C16H15FO/c1-12(11-13-5-3-2-4-6-13)16(18)14-7-9-15(17)10-8-14/h2-10,12H,11H2,1H3. The number of hydrogen-bond donors (Lipinski definition) is 0. The van der Waals surface area contributed by atoms with Crippen molar-refractivity contribution in [1.29, 1.82) is 0 Å². The smallest absolute Gasteiger partial charge is 0.165 e. The lowest BCUT2D eigenvalue weighted by atomic mass is 9.93. The molecule has 1 unspecified atom stereocenters. The average molecular weight is 242 g/mol. The summed E-state index contributed by atoms with van der Waals surface area (Å²) in [5.41, 5.74) is 1.71. The Bertz CT molecular complexity index is 517. The molecule has 18 heavy (non-hydrogen) atoms. The molecule has 0 aliphatic heterocycles. The number of hydrogen-bond acceptors (Lipinski definition) is 1. The van der Waals surface area contributed by atoms with Crippen molar-refractivity contribution in [2.24, 2.45) is 5.92 Å². The number of rotatable bonds is 4. The Morgan fingerprint density at radius 3 is 2.28 bits per heavy atom. The van der Waals surface area contributed by atoms with Gasteiger partial charge in [-0.1, -0.05) is 37.3 Å². The molecule has 1 nitrogen and oxygen atoms in total. The molecular formula is C16H15FO. The number of Topliss-reactive ketones (excluding diaryl/α,β-unsaturated/α-hetero) is 1. The van der Waals surface area contributed by atoms with Crippen molar-refractivity contribution in [3.8, 4) is 0 Å². The molecule has 2 rings (SSSR count). The first kappa shape index (κ1) is 12.5. The van der Waals surface area contributed by atoms with Crippen molar-refractivity contribution in [3.63, 3.8) is 0 Å². The molecule has 0 fully saturated rings. The molecule has 0 aromatic heterocycles. The van der Waals surface area contributed by atoms with Gasteiger partial charge in [-0.3, -0.25) is 4.79 Å². The lowest BCUT2D eigenvalue weighted by Crippen LogP contribution is -2.14. The van der Waals surface area contributed by atoms with Crippen LogP contribution >= 0.6 is 0 Å². The normalized spacial score (nSPS) is 12.1. The van der Waals surface area contributed by atoms with Crippen LogP contribution in [0.2, 0.25) is 0 Å². The first-order valence-corrected chi connectivity index (χ1v) is 6.00.